The molecule has 3 aromatic rings. The van der Waals surface area contributed by atoms with Gasteiger partial charge in [0, 0.05) is 23.9 Å². The van der Waals surface area contributed by atoms with Gasteiger partial charge in [0.1, 0.15) is 18.3 Å². The number of aliphatic carboxylic acids is 1. The monoisotopic (exact) mass is 528 g/mol. The molecule has 0 radical (unpaired) electrons. The first kappa shape index (κ1) is 27.2. The second-order valence-electron chi connectivity index (χ2n) is 9.16. The van der Waals surface area contributed by atoms with Crippen molar-refractivity contribution < 1.29 is 29.0 Å². The van der Waals surface area contributed by atoms with Crippen molar-refractivity contribution in [2.24, 2.45) is 10.9 Å². The summed E-state index contributed by atoms with van der Waals surface area (Å²) in [6.45, 7) is 3.27. The predicted molar refractivity (Wildman–Crippen MR) is 143 cm³/mol. The number of amides is 3. The fraction of sp³-hybridized carbons (Fsp3) is 0.241. The van der Waals surface area contributed by atoms with Gasteiger partial charge in [0.2, 0.25) is 5.91 Å². The summed E-state index contributed by atoms with van der Waals surface area (Å²) in [5, 5.41) is 12.8. The molecule has 10 nitrogen and oxygen atoms in total. The molecular formula is C29H28N4O6. The second kappa shape index (κ2) is 12.1. The van der Waals surface area contributed by atoms with Crippen LogP contribution >= 0.6 is 0 Å². The van der Waals surface area contributed by atoms with E-state index in [1.807, 2.05) is 6.07 Å². The van der Waals surface area contributed by atoms with E-state index in [4.69, 9.17) is 4.74 Å². The van der Waals surface area contributed by atoms with Crippen LogP contribution in [0.25, 0.3) is 0 Å². The molecule has 0 aliphatic carbocycles. The third-order valence-electron chi connectivity index (χ3n) is 6.41. The molecule has 10 heteroatoms. The number of carboxylic acid groups (broad SMARTS) is 1. The first-order chi connectivity index (χ1) is 18.8. The topological polar surface area (TPSA) is 138 Å². The van der Waals surface area contributed by atoms with E-state index in [1.165, 1.54) is 6.20 Å². The number of aliphatic imine (C=N–C) groups is 1. The van der Waals surface area contributed by atoms with Crippen molar-refractivity contribution in [2.75, 3.05) is 11.9 Å². The van der Waals surface area contributed by atoms with Crippen molar-refractivity contribution in [3.8, 4) is 0 Å². The maximum absolute atomic E-state index is 13.2. The van der Waals surface area contributed by atoms with E-state index < -0.39 is 41.9 Å². The van der Waals surface area contributed by atoms with E-state index in [1.54, 1.807) is 80.6 Å². The lowest BCUT2D eigenvalue weighted by molar-refractivity contribution is -0.140. The van der Waals surface area contributed by atoms with Gasteiger partial charge in [-0.15, -0.1) is 0 Å². The number of anilines is 1. The number of carbonyl (C=O) groups is 4. The molecule has 0 bridgehead atoms. The molecule has 3 amide bonds. The quantitative estimate of drug-likeness (QED) is 0.394. The fourth-order valence-electron chi connectivity index (χ4n) is 4.40. The number of benzene rings is 2. The third-order valence-corrected chi connectivity index (χ3v) is 6.41. The Morgan fingerprint density at radius 3 is 2.46 bits per heavy atom. The van der Waals surface area contributed by atoms with Crippen molar-refractivity contribution in [3.63, 3.8) is 0 Å². The van der Waals surface area contributed by atoms with Crippen LogP contribution in [0, 0.1) is 5.92 Å². The van der Waals surface area contributed by atoms with E-state index in [0.717, 1.165) is 10.5 Å². The van der Waals surface area contributed by atoms with Crippen molar-refractivity contribution in [1.82, 2.24) is 9.88 Å². The van der Waals surface area contributed by atoms with Crippen LogP contribution in [-0.4, -0.2) is 57.2 Å². The highest BCUT2D eigenvalue weighted by Gasteiger charge is 2.40. The molecule has 39 heavy (non-hydrogen) atoms. The number of cyclic esters (lactones) is 1. The molecule has 4 rings (SSSR count). The zero-order chi connectivity index (χ0) is 27.9. The first-order valence-electron chi connectivity index (χ1n) is 12.4. The maximum atomic E-state index is 13.2. The summed E-state index contributed by atoms with van der Waals surface area (Å²) in [6, 6.07) is 19.0. The van der Waals surface area contributed by atoms with Crippen molar-refractivity contribution in [2.45, 2.75) is 32.4 Å². The van der Waals surface area contributed by atoms with Crippen molar-refractivity contribution >= 4 is 35.3 Å². The van der Waals surface area contributed by atoms with Crippen LogP contribution in [0.1, 0.15) is 47.9 Å². The predicted octanol–water partition coefficient (Wildman–Crippen LogP) is 4.34. The minimum absolute atomic E-state index is 0.0313. The Morgan fingerprint density at radius 1 is 1.08 bits per heavy atom. The number of ether oxygens (including phenoxy) is 1. The molecular weight excluding hydrogens is 500 g/mol. The van der Waals surface area contributed by atoms with Crippen LogP contribution in [0.4, 0.5) is 10.5 Å². The van der Waals surface area contributed by atoms with Crippen LogP contribution in [0.2, 0.25) is 0 Å². The van der Waals surface area contributed by atoms with Gasteiger partial charge in [-0.3, -0.25) is 19.6 Å². The zero-order valence-electron chi connectivity index (χ0n) is 21.5. The molecule has 1 fully saturated rings. The smallest absolute Gasteiger partial charge is 0.417 e. The summed E-state index contributed by atoms with van der Waals surface area (Å²) < 4.78 is 5.13. The van der Waals surface area contributed by atoms with Gasteiger partial charge in [-0.05, 0) is 36.6 Å². The molecule has 2 aromatic carbocycles. The summed E-state index contributed by atoms with van der Waals surface area (Å²) in [6.07, 6.45) is 0.520. The van der Waals surface area contributed by atoms with E-state index in [9.17, 15) is 24.3 Å². The van der Waals surface area contributed by atoms with Crippen molar-refractivity contribution in [1.29, 1.82) is 0 Å². The first-order valence-corrected chi connectivity index (χ1v) is 12.4. The molecule has 2 N–H and O–H groups in total. The number of hydrogen-bond acceptors (Lipinski definition) is 7. The highest BCUT2D eigenvalue weighted by atomic mass is 16.6. The average Bonchev–Trinajstić information content (AvgIpc) is 3.34. The molecule has 1 saturated heterocycles. The van der Waals surface area contributed by atoms with E-state index in [2.05, 4.69) is 15.3 Å². The molecule has 0 saturated carbocycles. The van der Waals surface area contributed by atoms with Crippen molar-refractivity contribution in [3.05, 3.63) is 95.8 Å². The lowest BCUT2D eigenvalue weighted by Crippen LogP contribution is -2.37. The molecule has 0 unspecified atom stereocenters. The van der Waals surface area contributed by atoms with E-state index in [-0.39, 0.29) is 18.7 Å². The normalized spacial score (nSPS) is 16.8. The van der Waals surface area contributed by atoms with Crippen LogP contribution in [0.5, 0.6) is 0 Å². The van der Waals surface area contributed by atoms with Crippen LogP contribution in [0.15, 0.2) is 84.0 Å². The van der Waals surface area contributed by atoms with Gasteiger partial charge in [-0.2, -0.15) is 0 Å². The number of nitrogens with zero attached hydrogens (tertiary/aromatic N) is 3. The highest BCUT2D eigenvalue weighted by molar-refractivity contribution is 6.10. The number of carbonyl (C=O) groups excluding carboxylic acids is 3. The number of nitrogens with one attached hydrogen (secondary N) is 1. The Bertz CT molecular complexity index is 1390. The zero-order valence-corrected chi connectivity index (χ0v) is 21.5. The van der Waals surface area contributed by atoms with Gasteiger partial charge >= 0.3 is 12.1 Å². The Hall–Kier alpha value is -4.86. The largest absolute Gasteiger partial charge is 0.480 e. The van der Waals surface area contributed by atoms with E-state index >= 15 is 0 Å². The number of carboxylic acids is 1. The van der Waals surface area contributed by atoms with Crippen LogP contribution < -0.4 is 5.32 Å². The maximum Gasteiger partial charge on any atom is 0.417 e. The molecule has 200 valence electrons. The van der Waals surface area contributed by atoms with Gasteiger partial charge in [-0.1, -0.05) is 61.5 Å². The number of pyridine rings is 1. The Morgan fingerprint density at radius 2 is 1.77 bits per heavy atom. The Kier molecular flexibility index (Phi) is 8.45. The molecule has 2 heterocycles. The van der Waals surface area contributed by atoms with Gasteiger partial charge < -0.3 is 15.2 Å². The molecule has 1 aliphatic heterocycles. The van der Waals surface area contributed by atoms with Crippen LogP contribution in [-0.2, 0) is 14.3 Å². The molecule has 0 spiro atoms. The average molecular weight is 529 g/mol. The molecule has 1 aliphatic rings. The summed E-state index contributed by atoms with van der Waals surface area (Å²) in [7, 11) is 0. The summed E-state index contributed by atoms with van der Waals surface area (Å²) in [5.74, 6) is -2.92. The lowest BCUT2D eigenvalue weighted by Gasteiger charge is -2.23. The number of imide groups is 1. The molecule has 1 aromatic heterocycles. The lowest BCUT2D eigenvalue weighted by atomic mass is 9.96. The SMILES string of the molecule is CC(=N[C@H](C(=O)O)[C@@H](C)CC(=O)N1C(=O)OC[C@H]1c1ccccc1)c1ccccc1NC(=O)c1ccccn1. The Balaban J connectivity index is 1.52. The second-order valence-corrected chi connectivity index (χ2v) is 9.16. The Labute approximate surface area is 225 Å². The fourth-order valence-corrected chi connectivity index (χ4v) is 4.40. The van der Waals surface area contributed by atoms with Gasteiger partial charge in [0.25, 0.3) is 5.91 Å². The summed E-state index contributed by atoms with van der Waals surface area (Å²) >= 11 is 0. The van der Waals surface area contributed by atoms with Crippen LogP contribution in [0.3, 0.4) is 0 Å². The van der Waals surface area contributed by atoms with E-state index in [0.29, 0.717) is 17.0 Å². The summed E-state index contributed by atoms with van der Waals surface area (Å²) in [4.78, 5) is 59.9. The number of aromatic nitrogens is 1. The third kappa shape index (κ3) is 6.35. The minimum atomic E-state index is -1.28. The van der Waals surface area contributed by atoms with Gasteiger partial charge in [-0.25, -0.2) is 14.5 Å². The van der Waals surface area contributed by atoms with Gasteiger partial charge in [0.15, 0.2) is 6.04 Å². The number of rotatable bonds is 9. The van der Waals surface area contributed by atoms with Gasteiger partial charge in [0.05, 0.1) is 5.69 Å². The standard InChI is InChI=1S/C29H28N4O6/c1-18(16-25(34)33-24(17-39-29(33)38)20-10-4-3-5-11-20)26(28(36)37)31-19(2)21-12-6-7-13-22(21)32-27(35)23-14-8-9-15-30-23/h3-15,18,24,26H,16-17H2,1-2H3,(H,32,35)(H,36,37)/t18-,24-,26-/m0/s1. The number of para-hydroxylation sites is 1. The minimum Gasteiger partial charge on any atom is -0.480 e. The highest BCUT2D eigenvalue weighted by Crippen LogP contribution is 2.30. The number of hydrogen-bond donors (Lipinski definition) is 2. The summed E-state index contributed by atoms with van der Waals surface area (Å²) in [5.41, 5.74) is 2.30. The molecule has 3 atom stereocenters.